The zero-order valence-electron chi connectivity index (χ0n) is 6.46. The summed E-state index contributed by atoms with van der Waals surface area (Å²) in [5.41, 5.74) is 0.602. The van der Waals surface area contributed by atoms with Crippen molar-refractivity contribution in [3.63, 3.8) is 0 Å². The molecule has 0 saturated carbocycles. The fourth-order valence-corrected chi connectivity index (χ4v) is 0.668. The van der Waals surface area contributed by atoms with Crippen LogP contribution in [0.15, 0.2) is 23.5 Å². The third-order valence-electron chi connectivity index (χ3n) is 1.24. The Morgan fingerprint density at radius 1 is 1.50 bits per heavy atom. The highest BCUT2D eigenvalue weighted by Gasteiger charge is 1.96. The molecule has 0 heterocycles. The Morgan fingerprint density at radius 2 is 2.10 bits per heavy atom. The van der Waals surface area contributed by atoms with E-state index in [-0.39, 0.29) is 12.4 Å². The van der Waals surface area contributed by atoms with Crippen LogP contribution in [0.4, 0.5) is 0 Å². The molecule has 0 unspecified atom stereocenters. The Hall–Kier alpha value is -0.760. The van der Waals surface area contributed by atoms with E-state index in [1.165, 1.54) is 0 Å². The van der Waals surface area contributed by atoms with Crippen LogP contribution >= 0.6 is 0 Å². The van der Waals surface area contributed by atoms with Crippen LogP contribution < -0.4 is 0 Å². The molecule has 0 spiro atoms. The van der Waals surface area contributed by atoms with Crippen LogP contribution in [0.1, 0.15) is 20.3 Å². The molecule has 2 N–H and O–H groups in total. The van der Waals surface area contributed by atoms with Crippen molar-refractivity contribution in [3.8, 4) is 0 Å². The highest BCUT2D eigenvalue weighted by molar-refractivity contribution is 5.21. The molecule has 2 heteroatoms. The van der Waals surface area contributed by atoms with E-state index in [0.717, 1.165) is 0 Å². The Labute approximate surface area is 61.5 Å². The molecule has 0 aliphatic rings. The first-order valence-corrected chi connectivity index (χ1v) is 3.40. The lowest BCUT2D eigenvalue weighted by atomic mass is 10.2. The summed E-state index contributed by atoms with van der Waals surface area (Å²) in [4.78, 5) is 0. The minimum absolute atomic E-state index is 0.0932. The lowest BCUT2D eigenvalue weighted by Crippen LogP contribution is -1.92. The van der Waals surface area contributed by atoms with Gasteiger partial charge in [0.15, 0.2) is 0 Å². The number of hydrogen-bond donors (Lipinski definition) is 2. The minimum atomic E-state index is -0.0932. The minimum Gasteiger partial charge on any atom is -0.512 e. The zero-order chi connectivity index (χ0) is 7.98. The predicted molar refractivity (Wildman–Crippen MR) is 41.8 cm³/mol. The summed E-state index contributed by atoms with van der Waals surface area (Å²) >= 11 is 0. The van der Waals surface area contributed by atoms with Gasteiger partial charge in [0.25, 0.3) is 0 Å². The van der Waals surface area contributed by atoms with E-state index in [2.05, 4.69) is 0 Å². The molecule has 58 valence electrons. The number of aliphatic hydroxyl groups excluding tert-OH is 2. The lowest BCUT2D eigenvalue weighted by molar-refractivity contribution is 0.315. The maximum Gasteiger partial charge on any atom is 0.0974 e. The third-order valence-corrected chi connectivity index (χ3v) is 1.24. The SMILES string of the molecule is C/C=C\C(CO)=C(\O)CC. The molecule has 0 saturated heterocycles. The Bertz CT molecular complexity index is 145. The molecular formula is C8H14O2. The first kappa shape index (κ1) is 9.24. The molecule has 0 aliphatic heterocycles. The summed E-state index contributed by atoms with van der Waals surface area (Å²) < 4.78 is 0. The van der Waals surface area contributed by atoms with Gasteiger partial charge < -0.3 is 10.2 Å². The van der Waals surface area contributed by atoms with Gasteiger partial charge in [0, 0.05) is 12.0 Å². The number of hydrogen-bond acceptors (Lipinski definition) is 2. The van der Waals surface area contributed by atoms with Gasteiger partial charge in [0.05, 0.1) is 12.4 Å². The average molecular weight is 142 g/mol. The van der Waals surface area contributed by atoms with E-state index >= 15 is 0 Å². The molecule has 0 amide bonds. The second-order valence-electron chi connectivity index (χ2n) is 1.98. The van der Waals surface area contributed by atoms with Gasteiger partial charge in [-0.3, -0.25) is 0 Å². The van der Waals surface area contributed by atoms with Crippen molar-refractivity contribution >= 4 is 0 Å². The van der Waals surface area contributed by atoms with Crippen LogP contribution in [-0.2, 0) is 0 Å². The molecular weight excluding hydrogens is 128 g/mol. The normalized spacial score (nSPS) is 13.9. The van der Waals surface area contributed by atoms with Gasteiger partial charge in [-0.1, -0.05) is 19.1 Å². The molecule has 0 bridgehead atoms. The number of aliphatic hydroxyl groups is 2. The summed E-state index contributed by atoms with van der Waals surface area (Å²) in [6.45, 7) is 3.59. The quantitative estimate of drug-likeness (QED) is 0.465. The molecule has 0 aromatic heterocycles. The summed E-state index contributed by atoms with van der Waals surface area (Å²) in [5, 5.41) is 17.8. The molecule has 0 radical (unpaired) electrons. The van der Waals surface area contributed by atoms with Crippen molar-refractivity contribution < 1.29 is 10.2 Å². The first-order valence-electron chi connectivity index (χ1n) is 3.40. The molecule has 2 nitrogen and oxygen atoms in total. The van der Waals surface area contributed by atoms with Crippen LogP contribution in [0.5, 0.6) is 0 Å². The van der Waals surface area contributed by atoms with Crippen molar-refractivity contribution in [2.45, 2.75) is 20.3 Å². The molecule has 0 aliphatic carbocycles. The summed E-state index contributed by atoms with van der Waals surface area (Å²) in [5.74, 6) is 0.264. The second kappa shape index (κ2) is 5.06. The van der Waals surface area contributed by atoms with E-state index in [4.69, 9.17) is 10.2 Å². The van der Waals surface area contributed by atoms with Gasteiger partial charge in [-0.25, -0.2) is 0 Å². The Morgan fingerprint density at radius 3 is 2.40 bits per heavy atom. The van der Waals surface area contributed by atoms with Gasteiger partial charge in [0.2, 0.25) is 0 Å². The van der Waals surface area contributed by atoms with Gasteiger partial charge in [0.1, 0.15) is 0 Å². The van der Waals surface area contributed by atoms with Crippen LogP contribution in [0, 0.1) is 0 Å². The van der Waals surface area contributed by atoms with Gasteiger partial charge >= 0.3 is 0 Å². The van der Waals surface area contributed by atoms with Crippen LogP contribution in [-0.4, -0.2) is 16.8 Å². The molecule has 0 rings (SSSR count). The Balaban J connectivity index is 4.29. The average Bonchev–Trinajstić information content (AvgIpc) is 1.99. The summed E-state index contributed by atoms with van der Waals surface area (Å²) in [6, 6.07) is 0. The highest BCUT2D eigenvalue weighted by atomic mass is 16.3. The maximum atomic E-state index is 9.12. The van der Waals surface area contributed by atoms with Crippen LogP contribution in [0.2, 0.25) is 0 Å². The summed E-state index contributed by atoms with van der Waals surface area (Å²) in [7, 11) is 0. The van der Waals surface area contributed by atoms with Crippen LogP contribution in [0.25, 0.3) is 0 Å². The highest BCUT2D eigenvalue weighted by Crippen LogP contribution is 2.05. The standard InChI is InChI=1S/C8H14O2/c1-3-5-7(6-9)8(10)4-2/h3,5,9-10H,4,6H2,1-2H3/b5-3-,8-7-. The van der Waals surface area contributed by atoms with E-state index < -0.39 is 0 Å². The van der Waals surface area contributed by atoms with E-state index in [1.54, 1.807) is 12.2 Å². The number of rotatable bonds is 3. The van der Waals surface area contributed by atoms with E-state index in [1.807, 2.05) is 13.8 Å². The molecule has 0 fully saturated rings. The fraction of sp³-hybridized carbons (Fsp3) is 0.500. The van der Waals surface area contributed by atoms with Crippen molar-refractivity contribution in [1.29, 1.82) is 0 Å². The third kappa shape index (κ3) is 2.69. The monoisotopic (exact) mass is 142 g/mol. The van der Waals surface area contributed by atoms with Crippen molar-refractivity contribution in [1.82, 2.24) is 0 Å². The first-order chi connectivity index (χ1) is 4.76. The fourth-order valence-electron chi connectivity index (χ4n) is 0.668. The second-order valence-corrected chi connectivity index (χ2v) is 1.98. The Kier molecular flexibility index (Phi) is 4.67. The maximum absolute atomic E-state index is 9.12. The molecule has 0 aromatic carbocycles. The molecule has 0 aromatic rings. The topological polar surface area (TPSA) is 40.5 Å². The molecule has 10 heavy (non-hydrogen) atoms. The van der Waals surface area contributed by atoms with Gasteiger partial charge in [-0.15, -0.1) is 0 Å². The largest absolute Gasteiger partial charge is 0.512 e. The van der Waals surface area contributed by atoms with Gasteiger partial charge in [-0.05, 0) is 6.92 Å². The number of allylic oxidation sites excluding steroid dienone is 2. The van der Waals surface area contributed by atoms with Crippen LogP contribution in [0.3, 0.4) is 0 Å². The zero-order valence-corrected chi connectivity index (χ0v) is 6.46. The smallest absolute Gasteiger partial charge is 0.0974 e. The van der Waals surface area contributed by atoms with E-state index in [0.29, 0.717) is 12.0 Å². The van der Waals surface area contributed by atoms with Crippen molar-refractivity contribution in [2.24, 2.45) is 0 Å². The van der Waals surface area contributed by atoms with Gasteiger partial charge in [-0.2, -0.15) is 0 Å². The van der Waals surface area contributed by atoms with Crippen molar-refractivity contribution in [2.75, 3.05) is 6.61 Å². The lowest BCUT2D eigenvalue weighted by Gasteiger charge is -1.99. The molecule has 0 atom stereocenters. The predicted octanol–water partition coefficient (Wildman–Crippen LogP) is 1.78. The van der Waals surface area contributed by atoms with E-state index in [9.17, 15) is 0 Å². The summed E-state index contributed by atoms with van der Waals surface area (Å²) in [6.07, 6.45) is 4.07. The van der Waals surface area contributed by atoms with Crippen molar-refractivity contribution in [3.05, 3.63) is 23.5 Å².